The van der Waals surface area contributed by atoms with E-state index in [0.29, 0.717) is 17.2 Å². The van der Waals surface area contributed by atoms with E-state index in [2.05, 4.69) is 4.98 Å². The van der Waals surface area contributed by atoms with E-state index in [-0.39, 0.29) is 5.75 Å². The molecule has 1 heterocycles. The first-order valence-corrected chi connectivity index (χ1v) is 7.46. The fourth-order valence-corrected chi connectivity index (χ4v) is 2.22. The molecule has 0 radical (unpaired) electrons. The number of aromatic nitrogens is 1. The number of rotatable bonds is 4. The Bertz CT molecular complexity index is 864. The van der Waals surface area contributed by atoms with Crippen molar-refractivity contribution < 1.29 is 22.6 Å². The van der Waals surface area contributed by atoms with Crippen LogP contribution in [-0.2, 0) is 6.18 Å². The maximum absolute atomic E-state index is 12.7. The number of ether oxygens (including phenoxy) is 2. The van der Waals surface area contributed by atoms with Gasteiger partial charge in [0.15, 0.2) is 0 Å². The second-order valence-corrected chi connectivity index (χ2v) is 5.37. The zero-order valence-electron chi connectivity index (χ0n) is 13.2. The molecule has 1 aromatic heterocycles. The molecule has 0 saturated heterocycles. The van der Waals surface area contributed by atoms with Gasteiger partial charge in [-0.1, -0.05) is 18.2 Å². The van der Waals surface area contributed by atoms with Crippen molar-refractivity contribution >= 4 is 0 Å². The Morgan fingerprint density at radius 2 is 1.40 bits per heavy atom. The van der Waals surface area contributed by atoms with Gasteiger partial charge in [-0.05, 0) is 42.8 Å². The Balaban J connectivity index is 1.83. The first kappa shape index (κ1) is 16.8. The zero-order chi connectivity index (χ0) is 17.9. The number of para-hydroxylation sites is 1. The van der Waals surface area contributed by atoms with Crippen molar-refractivity contribution in [3.8, 4) is 23.0 Å². The predicted octanol–water partition coefficient (Wildman–Crippen LogP) is 5.99. The molecule has 25 heavy (non-hydrogen) atoms. The van der Waals surface area contributed by atoms with Crippen LogP contribution in [0.3, 0.4) is 0 Å². The van der Waals surface area contributed by atoms with Crippen molar-refractivity contribution in [2.24, 2.45) is 0 Å². The molecule has 3 aromatic rings. The Morgan fingerprint density at radius 1 is 0.760 bits per heavy atom. The normalized spacial score (nSPS) is 11.2. The molecular weight excluding hydrogens is 331 g/mol. The lowest BCUT2D eigenvalue weighted by Crippen LogP contribution is -2.07. The van der Waals surface area contributed by atoms with Gasteiger partial charge in [0.2, 0.25) is 0 Å². The molecule has 2 aromatic carbocycles. The van der Waals surface area contributed by atoms with E-state index in [1.165, 1.54) is 6.07 Å². The lowest BCUT2D eigenvalue weighted by atomic mass is 10.2. The summed E-state index contributed by atoms with van der Waals surface area (Å²) in [5, 5.41) is 0. The molecule has 3 rings (SSSR count). The topological polar surface area (TPSA) is 31.4 Å². The van der Waals surface area contributed by atoms with Crippen LogP contribution < -0.4 is 9.47 Å². The fraction of sp³-hybridized carbons (Fsp3) is 0.105. The van der Waals surface area contributed by atoms with Gasteiger partial charge < -0.3 is 9.47 Å². The molecule has 6 heteroatoms. The highest BCUT2D eigenvalue weighted by atomic mass is 19.4. The number of alkyl halides is 3. The van der Waals surface area contributed by atoms with E-state index in [4.69, 9.17) is 9.47 Å². The molecule has 0 aliphatic carbocycles. The summed E-state index contributed by atoms with van der Waals surface area (Å²) in [6.07, 6.45) is -3.46. The molecule has 3 nitrogen and oxygen atoms in total. The van der Waals surface area contributed by atoms with E-state index in [1.54, 1.807) is 24.3 Å². The van der Waals surface area contributed by atoms with Crippen molar-refractivity contribution in [1.29, 1.82) is 0 Å². The largest absolute Gasteiger partial charge is 0.457 e. The molecule has 0 saturated carbocycles. The lowest BCUT2D eigenvalue weighted by molar-refractivity contribution is -0.141. The van der Waals surface area contributed by atoms with Crippen LogP contribution in [0.4, 0.5) is 13.2 Å². The van der Waals surface area contributed by atoms with Crippen molar-refractivity contribution in [3.63, 3.8) is 0 Å². The first-order chi connectivity index (χ1) is 11.9. The molecule has 0 amide bonds. The van der Waals surface area contributed by atoms with Crippen LogP contribution in [-0.4, -0.2) is 4.98 Å². The van der Waals surface area contributed by atoms with Gasteiger partial charge in [-0.25, -0.2) is 0 Å². The summed E-state index contributed by atoms with van der Waals surface area (Å²) in [7, 11) is 0. The second kappa shape index (κ2) is 6.84. The van der Waals surface area contributed by atoms with Crippen LogP contribution in [0.2, 0.25) is 0 Å². The molecule has 0 bridgehead atoms. The van der Waals surface area contributed by atoms with Gasteiger partial charge in [-0.15, -0.1) is 0 Å². The Hall–Kier alpha value is -3.02. The van der Waals surface area contributed by atoms with Crippen molar-refractivity contribution in [1.82, 2.24) is 4.98 Å². The van der Waals surface area contributed by atoms with Crippen molar-refractivity contribution in [2.75, 3.05) is 0 Å². The number of benzene rings is 2. The maximum Gasteiger partial charge on any atom is 0.433 e. The number of hydrogen-bond donors (Lipinski definition) is 0. The summed E-state index contributed by atoms with van der Waals surface area (Å²) >= 11 is 0. The highest BCUT2D eigenvalue weighted by Crippen LogP contribution is 2.33. The van der Waals surface area contributed by atoms with Gasteiger partial charge in [0.1, 0.15) is 28.7 Å². The number of hydrogen-bond acceptors (Lipinski definition) is 3. The third kappa shape index (κ3) is 4.50. The van der Waals surface area contributed by atoms with Gasteiger partial charge in [0.25, 0.3) is 0 Å². The van der Waals surface area contributed by atoms with E-state index in [9.17, 15) is 13.2 Å². The maximum atomic E-state index is 12.7. The van der Waals surface area contributed by atoms with E-state index in [0.717, 1.165) is 17.8 Å². The van der Waals surface area contributed by atoms with Gasteiger partial charge in [-0.3, -0.25) is 4.98 Å². The summed E-state index contributed by atoms with van der Waals surface area (Å²) in [6, 6.07) is 16.6. The summed E-state index contributed by atoms with van der Waals surface area (Å²) in [4.78, 5) is 3.31. The third-order valence-corrected chi connectivity index (χ3v) is 3.26. The van der Waals surface area contributed by atoms with Crippen LogP contribution in [0.15, 0.2) is 66.9 Å². The average molecular weight is 345 g/mol. The number of nitrogens with zero attached hydrogens (tertiary/aromatic N) is 1. The molecule has 0 unspecified atom stereocenters. The quantitative estimate of drug-likeness (QED) is 0.582. The highest BCUT2D eigenvalue weighted by Gasteiger charge is 2.32. The van der Waals surface area contributed by atoms with E-state index >= 15 is 0 Å². The van der Waals surface area contributed by atoms with Gasteiger partial charge in [-0.2, -0.15) is 13.2 Å². The molecular formula is C19H14F3NO2. The standard InChI is InChI=1S/C19H14F3NO2/c1-13-9-16(24-14-5-3-2-4-6-14)11-17(10-13)25-15-7-8-23-18(12-15)19(20,21)22/h2-12H,1H3. The van der Waals surface area contributed by atoms with Crippen molar-refractivity contribution in [2.45, 2.75) is 13.1 Å². The minimum absolute atomic E-state index is 0.0542. The summed E-state index contributed by atoms with van der Waals surface area (Å²) in [6.45, 7) is 1.85. The molecule has 0 N–H and O–H groups in total. The Kier molecular flexibility index (Phi) is 4.61. The third-order valence-electron chi connectivity index (χ3n) is 3.26. The Morgan fingerprint density at radius 3 is 2.04 bits per heavy atom. The highest BCUT2D eigenvalue weighted by molar-refractivity contribution is 5.42. The van der Waals surface area contributed by atoms with Gasteiger partial charge in [0, 0.05) is 18.3 Å². The zero-order valence-corrected chi connectivity index (χ0v) is 13.2. The van der Waals surface area contributed by atoms with Crippen molar-refractivity contribution in [3.05, 3.63) is 78.1 Å². The molecule has 0 aliphatic heterocycles. The minimum atomic E-state index is -4.52. The van der Waals surface area contributed by atoms with E-state index in [1.807, 2.05) is 31.2 Å². The fourth-order valence-electron chi connectivity index (χ4n) is 2.22. The van der Waals surface area contributed by atoms with Crippen LogP contribution >= 0.6 is 0 Å². The van der Waals surface area contributed by atoms with Crippen LogP contribution in [0.25, 0.3) is 0 Å². The lowest BCUT2D eigenvalue weighted by Gasteiger charge is -2.12. The summed E-state index contributed by atoms with van der Waals surface area (Å²) < 4.78 is 49.5. The molecule has 0 aliphatic rings. The van der Waals surface area contributed by atoms with Crippen LogP contribution in [0.5, 0.6) is 23.0 Å². The monoisotopic (exact) mass is 345 g/mol. The smallest absolute Gasteiger partial charge is 0.433 e. The summed E-state index contributed by atoms with van der Waals surface area (Å²) in [5.74, 6) is 1.62. The first-order valence-electron chi connectivity index (χ1n) is 7.46. The SMILES string of the molecule is Cc1cc(Oc2ccccc2)cc(Oc2ccnc(C(F)(F)F)c2)c1. The summed E-state index contributed by atoms with van der Waals surface area (Å²) in [5.41, 5.74) is -0.146. The number of aryl methyl sites for hydroxylation is 1. The van der Waals surface area contributed by atoms with Gasteiger partial charge in [0.05, 0.1) is 0 Å². The van der Waals surface area contributed by atoms with Crippen LogP contribution in [0.1, 0.15) is 11.3 Å². The number of halogens is 3. The van der Waals surface area contributed by atoms with Crippen LogP contribution in [0, 0.1) is 6.92 Å². The van der Waals surface area contributed by atoms with Gasteiger partial charge >= 0.3 is 6.18 Å². The molecule has 0 atom stereocenters. The molecule has 0 spiro atoms. The Labute approximate surface area is 142 Å². The average Bonchev–Trinajstić information content (AvgIpc) is 2.54. The second-order valence-electron chi connectivity index (χ2n) is 5.37. The molecule has 128 valence electrons. The van der Waals surface area contributed by atoms with E-state index < -0.39 is 11.9 Å². The minimum Gasteiger partial charge on any atom is -0.457 e. The molecule has 0 fully saturated rings. The number of pyridine rings is 1. The predicted molar refractivity (Wildman–Crippen MR) is 87.0 cm³/mol.